The summed E-state index contributed by atoms with van der Waals surface area (Å²) < 4.78 is 0. The average molecular weight is 216 g/mol. The highest BCUT2D eigenvalue weighted by Gasteiger charge is 2.17. The molecule has 3 heteroatoms. The van der Waals surface area contributed by atoms with Crippen LogP contribution in [0.4, 0.5) is 0 Å². The Labute approximate surface area is 94.9 Å². The van der Waals surface area contributed by atoms with Crippen molar-refractivity contribution in [1.82, 2.24) is 9.97 Å². The number of nitrogens with one attached hydrogen (secondary N) is 1. The Kier molecular flexibility index (Phi) is 2.77. The molecular formula is C13H16N2O. The summed E-state index contributed by atoms with van der Waals surface area (Å²) in [5.74, 6) is 0.955. The average Bonchev–Trinajstić information content (AvgIpc) is 2.69. The van der Waals surface area contributed by atoms with E-state index in [1.165, 1.54) is 0 Å². The van der Waals surface area contributed by atoms with Gasteiger partial charge in [-0.25, -0.2) is 4.98 Å². The van der Waals surface area contributed by atoms with Crippen LogP contribution < -0.4 is 0 Å². The number of hydrogen-bond acceptors (Lipinski definition) is 2. The van der Waals surface area contributed by atoms with E-state index in [0.717, 1.165) is 36.0 Å². The first-order chi connectivity index (χ1) is 7.61. The molecule has 0 aliphatic carbocycles. The first-order valence-electron chi connectivity index (χ1n) is 5.51. The molecule has 84 valence electrons. The molecule has 0 saturated carbocycles. The van der Waals surface area contributed by atoms with Crippen molar-refractivity contribution in [3.8, 4) is 0 Å². The van der Waals surface area contributed by atoms with E-state index in [1.807, 2.05) is 38.1 Å². The Morgan fingerprint density at radius 2 is 2.12 bits per heavy atom. The largest absolute Gasteiger partial charge is 0.342 e. The quantitative estimate of drug-likeness (QED) is 0.799. The molecule has 2 rings (SSSR count). The predicted octanol–water partition coefficient (Wildman–Crippen LogP) is 2.72. The maximum absolute atomic E-state index is 10.8. The van der Waals surface area contributed by atoms with Gasteiger partial charge in [0.05, 0.1) is 11.0 Å². The molecule has 1 N–H and O–H groups in total. The lowest BCUT2D eigenvalue weighted by Gasteiger charge is -2.14. The van der Waals surface area contributed by atoms with Crippen LogP contribution in [0.3, 0.4) is 0 Å². The van der Waals surface area contributed by atoms with Crippen LogP contribution in [-0.2, 0) is 11.2 Å². The van der Waals surface area contributed by atoms with Crippen LogP contribution in [0.5, 0.6) is 0 Å². The van der Waals surface area contributed by atoms with E-state index in [2.05, 4.69) is 9.97 Å². The van der Waals surface area contributed by atoms with Gasteiger partial charge < -0.3 is 9.78 Å². The highest BCUT2D eigenvalue weighted by molar-refractivity contribution is 5.74. The number of nitrogens with zero attached hydrogens (tertiary/aromatic N) is 1. The van der Waals surface area contributed by atoms with Gasteiger partial charge in [-0.3, -0.25) is 0 Å². The number of aryl methyl sites for hydroxylation is 1. The van der Waals surface area contributed by atoms with Gasteiger partial charge in [0, 0.05) is 11.8 Å². The van der Waals surface area contributed by atoms with Gasteiger partial charge in [0.1, 0.15) is 12.1 Å². The molecule has 1 aromatic heterocycles. The molecule has 0 amide bonds. The zero-order chi connectivity index (χ0) is 11.6. The first kappa shape index (κ1) is 10.9. The number of aromatic amines is 1. The molecule has 0 radical (unpaired) electrons. The highest BCUT2D eigenvalue weighted by atomic mass is 16.1. The molecule has 1 heterocycles. The van der Waals surface area contributed by atoms with Gasteiger partial charge in [-0.05, 0) is 18.6 Å². The van der Waals surface area contributed by atoms with Crippen molar-refractivity contribution in [2.45, 2.75) is 26.7 Å². The third kappa shape index (κ3) is 2.30. The Balaban J connectivity index is 2.13. The van der Waals surface area contributed by atoms with Crippen LogP contribution in [-0.4, -0.2) is 16.3 Å². The van der Waals surface area contributed by atoms with Crippen LogP contribution >= 0.6 is 0 Å². The van der Waals surface area contributed by atoms with Gasteiger partial charge in [0.2, 0.25) is 0 Å². The minimum absolute atomic E-state index is 0.265. The van der Waals surface area contributed by atoms with E-state index in [0.29, 0.717) is 0 Å². The van der Waals surface area contributed by atoms with Crippen molar-refractivity contribution < 1.29 is 4.79 Å². The van der Waals surface area contributed by atoms with Crippen LogP contribution in [0.2, 0.25) is 0 Å². The van der Waals surface area contributed by atoms with Gasteiger partial charge in [-0.1, -0.05) is 26.0 Å². The second-order valence-corrected chi connectivity index (χ2v) is 4.81. The summed E-state index contributed by atoms with van der Waals surface area (Å²) in [6.07, 6.45) is 2.63. The predicted molar refractivity (Wildman–Crippen MR) is 64.3 cm³/mol. The van der Waals surface area contributed by atoms with Crippen molar-refractivity contribution in [2.75, 3.05) is 0 Å². The third-order valence-electron chi connectivity index (χ3n) is 2.76. The van der Waals surface area contributed by atoms with Gasteiger partial charge in [-0.2, -0.15) is 0 Å². The molecule has 0 spiro atoms. The number of imidazole rings is 1. The SMILES string of the molecule is CC(C)(C=O)CCc1nc2ccccc2[nH]1. The normalized spacial score (nSPS) is 11.9. The molecular weight excluding hydrogens is 200 g/mol. The number of carbonyl (C=O) groups excluding carboxylic acids is 1. The van der Waals surface area contributed by atoms with E-state index >= 15 is 0 Å². The number of benzene rings is 1. The first-order valence-corrected chi connectivity index (χ1v) is 5.51. The molecule has 0 saturated heterocycles. The molecule has 0 fully saturated rings. The van der Waals surface area contributed by atoms with Crippen LogP contribution in [0.25, 0.3) is 11.0 Å². The lowest BCUT2D eigenvalue weighted by Crippen LogP contribution is -2.14. The zero-order valence-corrected chi connectivity index (χ0v) is 9.66. The van der Waals surface area contributed by atoms with Crippen molar-refractivity contribution in [3.05, 3.63) is 30.1 Å². The lowest BCUT2D eigenvalue weighted by molar-refractivity contribution is -0.114. The Hall–Kier alpha value is -1.64. The number of H-pyrrole nitrogens is 1. The Bertz CT molecular complexity index is 466. The van der Waals surface area contributed by atoms with E-state index in [9.17, 15) is 4.79 Å². The van der Waals surface area contributed by atoms with Crippen LogP contribution in [0.15, 0.2) is 24.3 Å². The fourth-order valence-corrected chi connectivity index (χ4v) is 1.62. The van der Waals surface area contributed by atoms with Gasteiger partial charge in [0.25, 0.3) is 0 Å². The molecule has 0 aliphatic rings. The van der Waals surface area contributed by atoms with E-state index < -0.39 is 0 Å². The van der Waals surface area contributed by atoms with Crippen LogP contribution in [0, 0.1) is 5.41 Å². The summed E-state index contributed by atoms with van der Waals surface area (Å²) in [7, 11) is 0. The summed E-state index contributed by atoms with van der Waals surface area (Å²) >= 11 is 0. The summed E-state index contributed by atoms with van der Waals surface area (Å²) in [4.78, 5) is 18.5. The van der Waals surface area contributed by atoms with Crippen molar-refractivity contribution in [2.24, 2.45) is 5.41 Å². The maximum atomic E-state index is 10.8. The second kappa shape index (κ2) is 4.08. The number of aromatic nitrogens is 2. The summed E-state index contributed by atoms with van der Waals surface area (Å²) in [6.45, 7) is 3.89. The number of aldehydes is 1. The highest BCUT2D eigenvalue weighted by Crippen LogP contribution is 2.20. The van der Waals surface area contributed by atoms with Crippen molar-refractivity contribution in [3.63, 3.8) is 0 Å². The van der Waals surface area contributed by atoms with Gasteiger partial charge in [-0.15, -0.1) is 0 Å². The number of carbonyl (C=O) groups is 1. The summed E-state index contributed by atoms with van der Waals surface area (Å²) in [6, 6.07) is 7.96. The molecule has 3 nitrogen and oxygen atoms in total. The van der Waals surface area contributed by atoms with Crippen molar-refractivity contribution >= 4 is 17.3 Å². The molecule has 0 atom stereocenters. The van der Waals surface area contributed by atoms with Crippen LogP contribution in [0.1, 0.15) is 26.1 Å². The molecule has 1 aromatic carbocycles. The van der Waals surface area contributed by atoms with E-state index in [1.54, 1.807) is 0 Å². The van der Waals surface area contributed by atoms with Crippen molar-refractivity contribution in [1.29, 1.82) is 0 Å². The molecule has 2 aromatic rings. The molecule has 0 unspecified atom stereocenters. The summed E-state index contributed by atoms with van der Waals surface area (Å²) in [5, 5.41) is 0. The Morgan fingerprint density at radius 1 is 1.38 bits per heavy atom. The zero-order valence-electron chi connectivity index (χ0n) is 9.66. The summed E-state index contributed by atoms with van der Waals surface area (Å²) in [5.41, 5.74) is 1.78. The second-order valence-electron chi connectivity index (χ2n) is 4.81. The number of para-hydroxylation sites is 2. The minimum atomic E-state index is -0.265. The molecule has 0 aliphatic heterocycles. The van der Waals surface area contributed by atoms with Gasteiger partial charge >= 0.3 is 0 Å². The third-order valence-corrected chi connectivity index (χ3v) is 2.76. The topological polar surface area (TPSA) is 45.8 Å². The monoisotopic (exact) mass is 216 g/mol. The number of fused-ring (bicyclic) bond motifs is 1. The fourth-order valence-electron chi connectivity index (χ4n) is 1.62. The lowest BCUT2D eigenvalue weighted by atomic mass is 9.90. The number of hydrogen-bond donors (Lipinski definition) is 1. The smallest absolute Gasteiger partial charge is 0.125 e. The minimum Gasteiger partial charge on any atom is -0.342 e. The Morgan fingerprint density at radius 3 is 2.81 bits per heavy atom. The molecule has 16 heavy (non-hydrogen) atoms. The fraction of sp³-hybridized carbons (Fsp3) is 0.385. The molecule has 0 bridgehead atoms. The van der Waals surface area contributed by atoms with E-state index in [-0.39, 0.29) is 5.41 Å². The standard InChI is InChI=1S/C13H16N2O/c1-13(2,9-16)8-7-12-14-10-5-3-4-6-11(10)15-12/h3-6,9H,7-8H2,1-2H3,(H,14,15). The maximum Gasteiger partial charge on any atom is 0.125 e. The number of rotatable bonds is 4. The van der Waals surface area contributed by atoms with E-state index in [4.69, 9.17) is 0 Å². The van der Waals surface area contributed by atoms with Gasteiger partial charge in [0.15, 0.2) is 0 Å².